The second kappa shape index (κ2) is 11.4. The average Bonchev–Trinajstić information content (AvgIpc) is 2.72. The Hall–Kier alpha value is -2.68. The van der Waals surface area contributed by atoms with E-state index in [2.05, 4.69) is 10.6 Å². The number of carbonyl (C=O) groups is 2. The summed E-state index contributed by atoms with van der Waals surface area (Å²) in [6.45, 7) is 2.84. The highest BCUT2D eigenvalue weighted by molar-refractivity contribution is 5.93. The Morgan fingerprint density at radius 2 is 2.00 bits per heavy atom. The smallest absolute Gasteiger partial charge is 0.339 e. The maximum absolute atomic E-state index is 12.3. The molecule has 160 valence electrons. The number of amides is 1. The van der Waals surface area contributed by atoms with Crippen LogP contribution in [0.25, 0.3) is 0 Å². The minimum atomic E-state index is -0.982. The molecule has 1 aliphatic carbocycles. The van der Waals surface area contributed by atoms with Gasteiger partial charge < -0.3 is 20.1 Å². The molecule has 1 atom stereocenters. The first-order valence-electron chi connectivity index (χ1n) is 9.92. The van der Waals surface area contributed by atoms with Crippen LogP contribution in [-0.4, -0.2) is 49.7 Å². The number of hydrogen-bond acceptors (Lipinski definition) is 7. The number of nitro groups is 1. The summed E-state index contributed by atoms with van der Waals surface area (Å²) in [5, 5.41) is 17.0. The largest absolute Gasteiger partial charge is 0.449 e. The van der Waals surface area contributed by atoms with E-state index in [4.69, 9.17) is 9.47 Å². The summed E-state index contributed by atoms with van der Waals surface area (Å²) in [6.07, 6.45) is 4.82. The molecular weight excluding hydrogens is 378 g/mol. The van der Waals surface area contributed by atoms with Crippen molar-refractivity contribution in [2.45, 2.75) is 45.1 Å². The number of anilines is 1. The highest BCUT2D eigenvalue weighted by atomic mass is 16.6. The molecule has 1 saturated carbocycles. The summed E-state index contributed by atoms with van der Waals surface area (Å²) in [5.74, 6) is -0.676. The highest BCUT2D eigenvalue weighted by Gasteiger charge is 2.23. The molecular formula is C20H29N3O6. The molecule has 9 nitrogen and oxygen atoms in total. The van der Waals surface area contributed by atoms with E-state index in [-0.39, 0.29) is 22.8 Å². The summed E-state index contributed by atoms with van der Waals surface area (Å²) in [5.41, 5.74) is 0.0488. The fourth-order valence-electron chi connectivity index (χ4n) is 3.31. The van der Waals surface area contributed by atoms with E-state index in [1.807, 2.05) is 0 Å². The van der Waals surface area contributed by atoms with Crippen LogP contribution < -0.4 is 10.6 Å². The normalized spacial score (nSPS) is 15.4. The van der Waals surface area contributed by atoms with Gasteiger partial charge in [-0.3, -0.25) is 14.9 Å². The summed E-state index contributed by atoms with van der Waals surface area (Å²) in [6, 6.07) is 4.01. The minimum absolute atomic E-state index is 0.0147. The molecule has 0 saturated heterocycles. The van der Waals surface area contributed by atoms with Gasteiger partial charge in [-0.1, -0.05) is 19.3 Å². The number of methoxy groups -OCH3 is 1. The number of carbonyl (C=O) groups excluding carboxylic acids is 2. The number of rotatable bonds is 10. The summed E-state index contributed by atoms with van der Waals surface area (Å²) < 4.78 is 10.1. The first-order chi connectivity index (χ1) is 13.9. The Bertz CT molecular complexity index is 718. The van der Waals surface area contributed by atoms with E-state index < -0.39 is 17.0 Å². The van der Waals surface area contributed by atoms with E-state index in [0.29, 0.717) is 25.6 Å². The third kappa shape index (κ3) is 7.01. The van der Waals surface area contributed by atoms with E-state index in [1.54, 1.807) is 0 Å². The van der Waals surface area contributed by atoms with Crippen molar-refractivity contribution in [3.63, 3.8) is 0 Å². The van der Waals surface area contributed by atoms with Crippen LogP contribution in [0.4, 0.5) is 11.4 Å². The molecule has 1 unspecified atom stereocenters. The van der Waals surface area contributed by atoms with Gasteiger partial charge in [0.1, 0.15) is 5.69 Å². The molecule has 1 fully saturated rings. The lowest BCUT2D eigenvalue weighted by atomic mass is 9.89. The van der Waals surface area contributed by atoms with E-state index >= 15 is 0 Å². The van der Waals surface area contributed by atoms with E-state index in [0.717, 1.165) is 18.9 Å². The van der Waals surface area contributed by atoms with Crippen molar-refractivity contribution in [3.8, 4) is 0 Å². The first kappa shape index (κ1) is 22.6. The minimum Gasteiger partial charge on any atom is -0.449 e. The Labute approximate surface area is 170 Å². The lowest BCUT2D eigenvalue weighted by Crippen LogP contribution is -2.38. The highest BCUT2D eigenvalue weighted by Crippen LogP contribution is 2.26. The molecule has 0 bridgehead atoms. The van der Waals surface area contributed by atoms with Gasteiger partial charge in [-0.2, -0.15) is 0 Å². The van der Waals surface area contributed by atoms with Crippen molar-refractivity contribution in [2.24, 2.45) is 5.92 Å². The van der Waals surface area contributed by atoms with Gasteiger partial charge in [0.25, 0.3) is 11.6 Å². The van der Waals surface area contributed by atoms with Crippen molar-refractivity contribution in [1.29, 1.82) is 0 Å². The Balaban J connectivity index is 1.93. The van der Waals surface area contributed by atoms with Gasteiger partial charge in [0, 0.05) is 26.3 Å². The number of nitro benzene ring substituents is 1. The third-order valence-corrected chi connectivity index (χ3v) is 4.99. The van der Waals surface area contributed by atoms with Gasteiger partial charge >= 0.3 is 5.97 Å². The Morgan fingerprint density at radius 3 is 2.66 bits per heavy atom. The van der Waals surface area contributed by atoms with Gasteiger partial charge in [0.2, 0.25) is 0 Å². The molecule has 1 aromatic rings. The maximum atomic E-state index is 12.3. The van der Waals surface area contributed by atoms with Gasteiger partial charge in [-0.25, -0.2) is 4.79 Å². The van der Waals surface area contributed by atoms with Crippen LogP contribution in [0, 0.1) is 16.0 Å². The molecule has 9 heteroatoms. The molecule has 2 N–H and O–H groups in total. The predicted molar refractivity (Wildman–Crippen MR) is 108 cm³/mol. The van der Waals surface area contributed by atoms with Crippen molar-refractivity contribution in [2.75, 3.05) is 32.1 Å². The topological polar surface area (TPSA) is 120 Å². The summed E-state index contributed by atoms with van der Waals surface area (Å²) in [4.78, 5) is 35.3. The third-order valence-electron chi connectivity index (χ3n) is 4.99. The van der Waals surface area contributed by atoms with E-state index in [9.17, 15) is 19.7 Å². The van der Waals surface area contributed by atoms with Gasteiger partial charge in [0.15, 0.2) is 6.10 Å². The molecule has 1 amide bonds. The molecule has 0 heterocycles. The fraction of sp³-hybridized carbons (Fsp3) is 0.600. The van der Waals surface area contributed by atoms with Gasteiger partial charge in [-0.05, 0) is 37.8 Å². The van der Waals surface area contributed by atoms with Gasteiger partial charge in [-0.15, -0.1) is 0 Å². The van der Waals surface area contributed by atoms with Crippen molar-refractivity contribution < 1.29 is 24.0 Å². The van der Waals surface area contributed by atoms with Gasteiger partial charge in [0.05, 0.1) is 17.1 Å². The van der Waals surface area contributed by atoms with Crippen LogP contribution in [0.15, 0.2) is 18.2 Å². The van der Waals surface area contributed by atoms with Crippen molar-refractivity contribution in [1.82, 2.24) is 5.32 Å². The maximum Gasteiger partial charge on any atom is 0.339 e. The zero-order valence-electron chi connectivity index (χ0n) is 16.9. The number of nitrogens with zero attached hydrogens (tertiary/aromatic N) is 1. The number of esters is 1. The fourth-order valence-corrected chi connectivity index (χ4v) is 3.31. The van der Waals surface area contributed by atoms with Crippen LogP contribution in [0.3, 0.4) is 0 Å². The SMILES string of the molecule is COCCNc1ccc(C(=O)OC(C)C(=O)NCC2CCCCC2)cc1[N+](=O)[O-]. The van der Waals surface area contributed by atoms with E-state index in [1.165, 1.54) is 45.4 Å². The Kier molecular flexibility index (Phi) is 8.85. The lowest BCUT2D eigenvalue weighted by molar-refractivity contribution is -0.384. The standard InChI is InChI=1S/C20H29N3O6/c1-14(19(24)22-13-15-6-4-3-5-7-15)29-20(25)16-8-9-17(21-10-11-28-2)18(12-16)23(26)27/h8-9,12,14-15,21H,3-7,10-11,13H2,1-2H3,(H,22,24). The monoisotopic (exact) mass is 407 g/mol. The molecule has 0 radical (unpaired) electrons. The number of nitrogens with one attached hydrogen (secondary N) is 2. The number of hydrogen-bond donors (Lipinski definition) is 2. The second-order valence-corrected chi connectivity index (χ2v) is 7.21. The lowest BCUT2D eigenvalue weighted by Gasteiger charge is -2.22. The summed E-state index contributed by atoms with van der Waals surface area (Å²) in [7, 11) is 1.53. The first-order valence-corrected chi connectivity index (χ1v) is 9.92. The molecule has 0 aromatic heterocycles. The van der Waals surface area contributed by atoms with Crippen LogP contribution >= 0.6 is 0 Å². The molecule has 1 aromatic carbocycles. The number of benzene rings is 1. The zero-order chi connectivity index (χ0) is 21.2. The predicted octanol–water partition coefficient (Wildman–Crippen LogP) is 2.89. The molecule has 2 rings (SSSR count). The molecule has 0 spiro atoms. The molecule has 0 aliphatic heterocycles. The molecule has 1 aliphatic rings. The molecule has 29 heavy (non-hydrogen) atoms. The number of ether oxygens (including phenoxy) is 2. The summed E-state index contributed by atoms with van der Waals surface area (Å²) >= 11 is 0. The van der Waals surface area contributed by atoms with Crippen molar-refractivity contribution in [3.05, 3.63) is 33.9 Å². The Morgan fingerprint density at radius 1 is 1.28 bits per heavy atom. The van der Waals surface area contributed by atoms with Crippen LogP contribution in [0.2, 0.25) is 0 Å². The van der Waals surface area contributed by atoms with Crippen LogP contribution in [0.5, 0.6) is 0 Å². The van der Waals surface area contributed by atoms with Crippen LogP contribution in [0.1, 0.15) is 49.4 Å². The quantitative estimate of drug-likeness (QED) is 0.265. The average molecular weight is 407 g/mol. The second-order valence-electron chi connectivity index (χ2n) is 7.21. The zero-order valence-corrected chi connectivity index (χ0v) is 16.9. The van der Waals surface area contributed by atoms with Crippen LogP contribution in [-0.2, 0) is 14.3 Å². The van der Waals surface area contributed by atoms with Crippen molar-refractivity contribution >= 4 is 23.3 Å².